The molecule has 1 atom stereocenters. The Labute approximate surface area is 197 Å². The molecule has 0 aliphatic heterocycles. The van der Waals surface area contributed by atoms with Crippen molar-refractivity contribution in [2.75, 3.05) is 0 Å². The van der Waals surface area contributed by atoms with E-state index in [0.717, 1.165) is 22.7 Å². The summed E-state index contributed by atoms with van der Waals surface area (Å²) in [5, 5.41) is 18.7. The fourth-order valence-corrected chi connectivity index (χ4v) is 3.77. The highest BCUT2D eigenvalue weighted by Crippen LogP contribution is 2.40. The third-order valence-corrected chi connectivity index (χ3v) is 5.82. The number of amides is 1. The van der Waals surface area contributed by atoms with Gasteiger partial charge >= 0.3 is 6.18 Å². The van der Waals surface area contributed by atoms with Crippen molar-refractivity contribution in [1.82, 2.24) is 20.0 Å². The molecule has 2 heterocycles. The molecular formula is C23H19ClF3N5O2. The van der Waals surface area contributed by atoms with E-state index in [4.69, 9.17) is 17.3 Å². The second-order valence-electron chi connectivity index (χ2n) is 7.79. The summed E-state index contributed by atoms with van der Waals surface area (Å²) in [7, 11) is 0. The standard InChI is InChI=1S/C23H19ClF3N5O2/c1-2-22(34,23(25,26)27)20-12-32(31-30-20)11-13-3-8-16-17(14-4-6-15(24)7-5-14)10-19(21(28)33)29-18(16)9-13/h3-10,12,34H,2,11H2,1H3,(H2,28,33)/t22-/m1/s1. The van der Waals surface area contributed by atoms with Gasteiger partial charge < -0.3 is 10.8 Å². The molecular weight excluding hydrogens is 471 g/mol. The van der Waals surface area contributed by atoms with Crippen LogP contribution in [0.2, 0.25) is 5.02 Å². The molecule has 0 aliphatic rings. The first kappa shape index (κ1) is 23.7. The van der Waals surface area contributed by atoms with Crippen LogP contribution in [0.15, 0.2) is 54.7 Å². The highest BCUT2D eigenvalue weighted by molar-refractivity contribution is 6.30. The summed E-state index contributed by atoms with van der Waals surface area (Å²) in [4.78, 5) is 16.2. The lowest BCUT2D eigenvalue weighted by Crippen LogP contribution is -2.42. The molecule has 11 heteroatoms. The highest BCUT2D eigenvalue weighted by atomic mass is 35.5. The number of halogens is 4. The second-order valence-corrected chi connectivity index (χ2v) is 8.23. The van der Waals surface area contributed by atoms with Crippen LogP contribution in [0.1, 0.15) is 35.1 Å². The van der Waals surface area contributed by atoms with Gasteiger partial charge in [-0.25, -0.2) is 9.67 Å². The zero-order chi connectivity index (χ0) is 24.7. The van der Waals surface area contributed by atoms with Crippen LogP contribution >= 0.6 is 11.6 Å². The third-order valence-electron chi connectivity index (χ3n) is 5.57. The Bertz CT molecular complexity index is 1370. The SMILES string of the molecule is CC[C@@](O)(c1cn(Cc2ccc3c(-c4ccc(Cl)cc4)cc(C(N)=O)nc3c2)nn1)C(F)(F)F. The van der Waals surface area contributed by atoms with E-state index in [9.17, 15) is 23.1 Å². The van der Waals surface area contributed by atoms with Crippen molar-refractivity contribution >= 4 is 28.4 Å². The minimum Gasteiger partial charge on any atom is -0.375 e. The van der Waals surface area contributed by atoms with E-state index in [1.165, 1.54) is 11.6 Å². The summed E-state index contributed by atoms with van der Waals surface area (Å²) in [6, 6.07) is 13.9. The normalized spacial score (nSPS) is 13.7. The summed E-state index contributed by atoms with van der Waals surface area (Å²) in [6.07, 6.45) is -4.43. The van der Waals surface area contributed by atoms with Crippen molar-refractivity contribution in [2.24, 2.45) is 5.73 Å². The van der Waals surface area contributed by atoms with Crippen LogP contribution < -0.4 is 5.73 Å². The Morgan fingerprint density at radius 2 is 1.85 bits per heavy atom. The fourth-order valence-electron chi connectivity index (χ4n) is 3.65. The largest absolute Gasteiger partial charge is 0.423 e. The highest BCUT2D eigenvalue weighted by Gasteiger charge is 2.55. The summed E-state index contributed by atoms with van der Waals surface area (Å²) in [5.41, 5.74) is 4.52. The van der Waals surface area contributed by atoms with Crippen molar-refractivity contribution in [2.45, 2.75) is 31.7 Å². The van der Waals surface area contributed by atoms with Crippen LogP contribution in [0.3, 0.4) is 0 Å². The summed E-state index contributed by atoms with van der Waals surface area (Å²) in [6.45, 7) is 1.29. The quantitative estimate of drug-likeness (QED) is 0.416. The molecule has 0 aliphatic carbocycles. The number of aromatic nitrogens is 4. The number of carbonyl (C=O) groups excluding carboxylic acids is 1. The van der Waals surface area contributed by atoms with E-state index in [-0.39, 0.29) is 12.2 Å². The summed E-state index contributed by atoms with van der Waals surface area (Å²) < 4.78 is 41.2. The monoisotopic (exact) mass is 489 g/mol. The number of hydrogen-bond donors (Lipinski definition) is 2. The van der Waals surface area contributed by atoms with Gasteiger partial charge in [-0.1, -0.05) is 48.0 Å². The first-order valence-electron chi connectivity index (χ1n) is 10.2. The van der Waals surface area contributed by atoms with E-state index in [0.29, 0.717) is 16.1 Å². The molecule has 0 radical (unpaired) electrons. The number of primary amides is 1. The maximum Gasteiger partial charge on any atom is 0.423 e. The second kappa shape index (κ2) is 8.69. The van der Waals surface area contributed by atoms with Crippen LogP contribution in [0, 0.1) is 0 Å². The Morgan fingerprint density at radius 3 is 2.47 bits per heavy atom. The molecule has 0 saturated carbocycles. The maximum absolute atomic E-state index is 13.3. The van der Waals surface area contributed by atoms with Gasteiger partial charge in [-0.2, -0.15) is 13.2 Å². The number of carbonyl (C=O) groups is 1. The number of fused-ring (bicyclic) bond motifs is 1. The van der Waals surface area contributed by atoms with Crippen LogP contribution in [0.25, 0.3) is 22.0 Å². The number of rotatable bonds is 6. The molecule has 0 unspecified atom stereocenters. The molecule has 4 aromatic rings. The minimum atomic E-state index is -4.89. The predicted molar refractivity (Wildman–Crippen MR) is 120 cm³/mol. The Kier molecular flexibility index (Phi) is 6.05. The Balaban J connectivity index is 1.73. The Hall–Kier alpha value is -3.50. The number of pyridine rings is 1. The van der Waals surface area contributed by atoms with Crippen LogP contribution in [0.4, 0.5) is 13.2 Å². The van der Waals surface area contributed by atoms with Crippen molar-refractivity contribution in [3.8, 4) is 11.1 Å². The van der Waals surface area contributed by atoms with Gasteiger partial charge in [-0.3, -0.25) is 4.79 Å². The molecule has 1 amide bonds. The molecule has 2 aromatic carbocycles. The van der Waals surface area contributed by atoms with E-state index in [2.05, 4.69) is 15.3 Å². The Morgan fingerprint density at radius 1 is 1.15 bits per heavy atom. The molecule has 0 bridgehead atoms. The maximum atomic E-state index is 13.3. The molecule has 7 nitrogen and oxygen atoms in total. The number of aliphatic hydroxyl groups is 1. The minimum absolute atomic E-state index is 0.0656. The fraction of sp³-hybridized carbons (Fsp3) is 0.217. The number of hydrogen-bond acceptors (Lipinski definition) is 5. The summed E-state index contributed by atoms with van der Waals surface area (Å²) >= 11 is 5.98. The van der Waals surface area contributed by atoms with Gasteiger partial charge in [0.2, 0.25) is 5.60 Å². The number of nitrogens with two attached hydrogens (primary N) is 1. The first-order chi connectivity index (χ1) is 16.0. The lowest BCUT2D eigenvalue weighted by atomic mass is 9.96. The van der Waals surface area contributed by atoms with Gasteiger partial charge in [0.15, 0.2) is 0 Å². The molecule has 34 heavy (non-hydrogen) atoms. The zero-order valence-electron chi connectivity index (χ0n) is 17.8. The van der Waals surface area contributed by atoms with Gasteiger partial charge in [0.05, 0.1) is 18.3 Å². The predicted octanol–water partition coefficient (Wildman–Crippen LogP) is 4.45. The summed E-state index contributed by atoms with van der Waals surface area (Å²) in [5.74, 6) is -0.700. The van der Waals surface area contributed by atoms with Crippen molar-refractivity contribution in [1.29, 1.82) is 0 Å². The van der Waals surface area contributed by atoms with E-state index in [1.54, 1.807) is 36.4 Å². The lowest BCUT2D eigenvalue weighted by molar-refractivity contribution is -0.269. The number of alkyl halides is 3. The molecule has 0 fully saturated rings. The molecule has 0 saturated heterocycles. The van der Waals surface area contributed by atoms with Crippen LogP contribution in [0.5, 0.6) is 0 Å². The van der Waals surface area contributed by atoms with Gasteiger partial charge in [0.1, 0.15) is 11.4 Å². The van der Waals surface area contributed by atoms with E-state index >= 15 is 0 Å². The van der Waals surface area contributed by atoms with E-state index < -0.39 is 29.8 Å². The smallest absolute Gasteiger partial charge is 0.375 e. The van der Waals surface area contributed by atoms with Crippen LogP contribution in [-0.4, -0.2) is 37.2 Å². The van der Waals surface area contributed by atoms with Crippen LogP contribution in [-0.2, 0) is 12.1 Å². The molecule has 4 rings (SSSR count). The first-order valence-corrected chi connectivity index (χ1v) is 10.6. The van der Waals surface area contributed by atoms with E-state index in [1.807, 2.05) is 12.1 Å². The lowest BCUT2D eigenvalue weighted by Gasteiger charge is -2.26. The van der Waals surface area contributed by atoms with Gasteiger partial charge in [-0.05, 0) is 47.4 Å². The topological polar surface area (TPSA) is 107 Å². The number of nitrogens with zero attached hydrogens (tertiary/aromatic N) is 4. The molecule has 2 aromatic heterocycles. The molecule has 0 spiro atoms. The zero-order valence-corrected chi connectivity index (χ0v) is 18.6. The molecule has 176 valence electrons. The average Bonchev–Trinajstić information content (AvgIpc) is 3.26. The van der Waals surface area contributed by atoms with Crippen molar-refractivity contribution in [3.63, 3.8) is 0 Å². The van der Waals surface area contributed by atoms with Crippen molar-refractivity contribution in [3.05, 3.63) is 76.7 Å². The van der Waals surface area contributed by atoms with Crippen molar-refractivity contribution < 1.29 is 23.1 Å². The average molecular weight is 490 g/mol. The van der Waals surface area contributed by atoms with Gasteiger partial charge in [0, 0.05) is 10.4 Å². The molecule has 3 N–H and O–H groups in total. The number of benzene rings is 2. The van der Waals surface area contributed by atoms with Gasteiger partial charge in [0.25, 0.3) is 5.91 Å². The van der Waals surface area contributed by atoms with Gasteiger partial charge in [-0.15, -0.1) is 5.10 Å². The third kappa shape index (κ3) is 4.34.